The first-order chi connectivity index (χ1) is 14.7. The zero-order valence-electron chi connectivity index (χ0n) is 18.0. The van der Waals surface area contributed by atoms with Crippen LogP contribution in [0.2, 0.25) is 0 Å². The Labute approximate surface area is 180 Å². The lowest BCUT2D eigenvalue weighted by Gasteiger charge is -2.34. The van der Waals surface area contributed by atoms with Crippen LogP contribution in [0.4, 0.5) is 0 Å². The van der Waals surface area contributed by atoms with E-state index in [2.05, 4.69) is 36.5 Å². The molecule has 0 unspecified atom stereocenters. The highest BCUT2D eigenvalue weighted by Crippen LogP contribution is 2.21. The molecule has 2 heterocycles. The summed E-state index contributed by atoms with van der Waals surface area (Å²) in [4.78, 5) is 16.2. The van der Waals surface area contributed by atoms with E-state index in [0.717, 1.165) is 50.5 Å². The van der Waals surface area contributed by atoms with E-state index < -0.39 is 0 Å². The zero-order valence-corrected chi connectivity index (χ0v) is 18.0. The quantitative estimate of drug-likeness (QED) is 0.614. The van der Waals surface area contributed by atoms with Gasteiger partial charge >= 0.3 is 0 Å². The van der Waals surface area contributed by atoms with Crippen LogP contribution >= 0.6 is 0 Å². The summed E-state index contributed by atoms with van der Waals surface area (Å²) < 4.78 is 5.80. The molecule has 160 valence electrons. The minimum absolute atomic E-state index is 0.0517. The molecule has 0 spiro atoms. The summed E-state index contributed by atoms with van der Waals surface area (Å²) in [6, 6.07) is 20.3. The van der Waals surface area contributed by atoms with Crippen molar-refractivity contribution in [2.45, 2.75) is 38.0 Å². The van der Waals surface area contributed by atoms with E-state index >= 15 is 0 Å². The standard InChI is InChI=1S/C25H33N3O2/c1-20(28-16-14-27(15-17-28)19-23-13-8-18-30-23)25(29)26-24(21-9-4-2-5-10-21)22-11-6-3-7-12-22/h2-7,9-12,20,23-24H,8,13-19H2,1H3,(H,26,29)/p+2/t20-,23-/m1/s1. The Morgan fingerprint density at radius 1 is 1.00 bits per heavy atom. The molecule has 5 heteroatoms. The normalized spacial score (nSPS) is 25.2. The van der Waals surface area contributed by atoms with Gasteiger partial charge in [-0.2, -0.15) is 0 Å². The Kier molecular flexibility index (Phi) is 7.16. The number of benzene rings is 2. The van der Waals surface area contributed by atoms with Crippen LogP contribution < -0.4 is 15.1 Å². The van der Waals surface area contributed by atoms with Crippen LogP contribution in [0, 0.1) is 0 Å². The van der Waals surface area contributed by atoms with E-state index in [4.69, 9.17) is 4.74 Å². The van der Waals surface area contributed by atoms with Crippen molar-refractivity contribution in [3.63, 3.8) is 0 Å². The fraction of sp³-hybridized carbons (Fsp3) is 0.480. The molecule has 2 aliphatic rings. The van der Waals surface area contributed by atoms with Crippen LogP contribution in [-0.4, -0.2) is 57.4 Å². The van der Waals surface area contributed by atoms with Gasteiger partial charge in [0, 0.05) is 6.61 Å². The molecule has 30 heavy (non-hydrogen) atoms. The maximum atomic E-state index is 13.2. The van der Waals surface area contributed by atoms with Gasteiger partial charge in [0.05, 0.1) is 6.04 Å². The lowest BCUT2D eigenvalue weighted by atomic mass is 9.98. The minimum atomic E-state index is -0.117. The topological polar surface area (TPSA) is 47.2 Å². The molecule has 0 radical (unpaired) electrons. The average Bonchev–Trinajstić information content (AvgIpc) is 3.31. The second kappa shape index (κ2) is 10.2. The van der Waals surface area contributed by atoms with Gasteiger partial charge in [-0.15, -0.1) is 0 Å². The number of quaternary nitrogens is 2. The number of ether oxygens (including phenoxy) is 1. The summed E-state index contributed by atoms with van der Waals surface area (Å²) in [5.74, 6) is 0.130. The van der Waals surface area contributed by atoms with Crippen LogP contribution in [0.1, 0.15) is 36.9 Å². The minimum Gasteiger partial charge on any atom is -0.372 e. The molecule has 2 aromatic carbocycles. The largest absolute Gasteiger partial charge is 0.372 e. The monoisotopic (exact) mass is 409 g/mol. The third-order valence-corrected chi connectivity index (χ3v) is 6.70. The van der Waals surface area contributed by atoms with Crippen LogP contribution in [0.15, 0.2) is 60.7 Å². The number of carbonyl (C=O) groups is 1. The van der Waals surface area contributed by atoms with E-state index in [9.17, 15) is 4.79 Å². The molecule has 1 amide bonds. The summed E-state index contributed by atoms with van der Waals surface area (Å²) in [5.41, 5.74) is 2.23. The lowest BCUT2D eigenvalue weighted by molar-refractivity contribution is -1.02. The summed E-state index contributed by atoms with van der Waals surface area (Å²) in [6.45, 7) is 8.44. The molecular formula is C25H35N3O2+2. The van der Waals surface area contributed by atoms with Crippen molar-refractivity contribution in [3.05, 3.63) is 71.8 Å². The van der Waals surface area contributed by atoms with Crippen LogP contribution in [0.5, 0.6) is 0 Å². The fourth-order valence-corrected chi connectivity index (χ4v) is 4.79. The third-order valence-electron chi connectivity index (χ3n) is 6.70. The first-order valence-electron chi connectivity index (χ1n) is 11.4. The van der Waals surface area contributed by atoms with E-state index in [-0.39, 0.29) is 18.0 Å². The van der Waals surface area contributed by atoms with Gasteiger partial charge in [-0.1, -0.05) is 60.7 Å². The van der Waals surface area contributed by atoms with Crippen LogP contribution in [0.3, 0.4) is 0 Å². The smallest absolute Gasteiger partial charge is 0.278 e. The number of amides is 1. The van der Waals surface area contributed by atoms with Gasteiger partial charge < -0.3 is 19.9 Å². The molecular weight excluding hydrogens is 374 g/mol. The second-order valence-electron chi connectivity index (χ2n) is 8.73. The number of hydrogen-bond donors (Lipinski definition) is 3. The Hall–Kier alpha value is -2.21. The van der Waals surface area contributed by atoms with Gasteiger partial charge in [0.2, 0.25) is 0 Å². The van der Waals surface area contributed by atoms with Crippen molar-refractivity contribution >= 4 is 5.91 Å². The van der Waals surface area contributed by atoms with Crippen molar-refractivity contribution in [1.82, 2.24) is 5.32 Å². The van der Waals surface area contributed by atoms with E-state index in [1.54, 1.807) is 4.90 Å². The first-order valence-corrected chi connectivity index (χ1v) is 11.4. The van der Waals surface area contributed by atoms with E-state index in [1.807, 2.05) is 36.4 Å². The highest BCUT2D eigenvalue weighted by Gasteiger charge is 2.33. The Bertz CT molecular complexity index is 745. The van der Waals surface area contributed by atoms with Crippen LogP contribution in [0.25, 0.3) is 0 Å². The van der Waals surface area contributed by atoms with Crippen molar-refractivity contribution < 1.29 is 19.3 Å². The summed E-state index contributed by atoms with van der Waals surface area (Å²) >= 11 is 0. The van der Waals surface area contributed by atoms with Gasteiger partial charge in [-0.25, -0.2) is 0 Å². The molecule has 2 aliphatic heterocycles. The van der Waals surface area contributed by atoms with Gasteiger partial charge in [0.1, 0.15) is 38.8 Å². The summed E-state index contributed by atoms with van der Waals surface area (Å²) in [7, 11) is 0. The molecule has 4 rings (SSSR count). The SMILES string of the molecule is C[C@H](C(=O)NC(c1ccccc1)c1ccccc1)[NH+]1CC[NH+](C[C@H]2CCCO2)CC1. The average molecular weight is 410 g/mol. The van der Waals surface area contributed by atoms with Gasteiger partial charge in [-0.3, -0.25) is 4.79 Å². The highest BCUT2D eigenvalue weighted by atomic mass is 16.5. The maximum Gasteiger partial charge on any atom is 0.278 e. The molecule has 2 atom stereocenters. The zero-order chi connectivity index (χ0) is 20.8. The van der Waals surface area contributed by atoms with Crippen LogP contribution in [-0.2, 0) is 9.53 Å². The van der Waals surface area contributed by atoms with Gasteiger partial charge in [-0.05, 0) is 30.9 Å². The lowest BCUT2D eigenvalue weighted by Crippen LogP contribution is -3.30. The molecule has 0 aliphatic carbocycles. The van der Waals surface area contributed by atoms with Gasteiger partial charge in [0.15, 0.2) is 6.04 Å². The first kappa shape index (κ1) is 21.0. The Morgan fingerprint density at radius 2 is 1.60 bits per heavy atom. The molecule has 3 N–H and O–H groups in total. The Morgan fingerprint density at radius 3 is 2.13 bits per heavy atom. The number of nitrogens with one attached hydrogen (secondary N) is 3. The molecule has 0 saturated carbocycles. The van der Waals surface area contributed by atoms with Gasteiger partial charge in [0.25, 0.3) is 5.91 Å². The molecule has 2 aromatic rings. The van der Waals surface area contributed by atoms with Crippen molar-refractivity contribution in [2.75, 3.05) is 39.3 Å². The molecule has 2 saturated heterocycles. The van der Waals surface area contributed by atoms with Crippen molar-refractivity contribution in [3.8, 4) is 0 Å². The highest BCUT2D eigenvalue weighted by molar-refractivity contribution is 5.80. The van der Waals surface area contributed by atoms with E-state index in [1.165, 1.54) is 17.7 Å². The second-order valence-corrected chi connectivity index (χ2v) is 8.73. The van der Waals surface area contributed by atoms with Crippen molar-refractivity contribution in [1.29, 1.82) is 0 Å². The molecule has 5 nitrogen and oxygen atoms in total. The van der Waals surface area contributed by atoms with Crippen molar-refractivity contribution in [2.24, 2.45) is 0 Å². The van der Waals surface area contributed by atoms with E-state index in [0.29, 0.717) is 6.10 Å². The predicted octanol–water partition coefficient (Wildman–Crippen LogP) is 0.243. The number of rotatable bonds is 7. The number of carbonyl (C=O) groups excluding carboxylic acids is 1. The molecule has 0 aromatic heterocycles. The number of piperazine rings is 1. The third kappa shape index (κ3) is 5.28. The Balaban J connectivity index is 1.35. The molecule has 0 bridgehead atoms. The maximum absolute atomic E-state index is 13.2. The number of hydrogen-bond acceptors (Lipinski definition) is 2. The predicted molar refractivity (Wildman–Crippen MR) is 118 cm³/mol. The summed E-state index contributed by atoms with van der Waals surface area (Å²) in [6.07, 6.45) is 2.86. The summed E-state index contributed by atoms with van der Waals surface area (Å²) in [5, 5.41) is 3.33. The fourth-order valence-electron chi connectivity index (χ4n) is 4.79. The molecule has 2 fully saturated rings.